The van der Waals surface area contributed by atoms with E-state index in [-0.39, 0.29) is 61.8 Å². The molecule has 6 rings (SSSR count). The van der Waals surface area contributed by atoms with Crippen molar-refractivity contribution < 1.29 is 51.0 Å². The van der Waals surface area contributed by atoms with Crippen molar-refractivity contribution in [2.24, 2.45) is 0 Å². The average Bonchev–Trinajstić information content (AvgIpc) is 3.35. The Hall–Kier alpha value is -1.92. The Balaban J connectivity index is 0.000000241. The van der Waals surface area contributed by atoms with Crippen LogP contribution >= 0.6 is 0 Å². The maximum Gasteiger partial charge on any atom is 4.00 e. The van der Waals surface area contributed by atoms with E-state index < -0.39 is 0 Å². The second-order valence-electron chi connectivity index (χ2n) is 11.6. The minimum atomic E-state index is 0. The van der Waals surface area contributed by atoms with E-state index in [1.165, 1.54) is 54.2 Å². The van der Waals surface area contributed by atoms with Gasteiger partial charge < -0.3 is 24.8 Å². The molecule has 0 atom stereocenters. The van der Waals surface area contributed by atoms with Crippen LogP contribution < -0.4 is 24.8 Å². The quantitative estimate of drug-likeness (QED) is 0.230. The predicted octanol–water partition coefficient (Wildman–Crippen LogP) is 4.02. The van der Waals surface area contributed by atoms with Crippen LogP contribution in [0.25, 0.3) is 43.1 Å². The van der Waals surface area contributed by atoms with Crippen LogP contribution in [0.2, 0.25) is 0 Å². The molecule has 0 N–H and O–H groups in total. The maximum absolute atomic E-state index is 2.33. The molecule has 0 radical (unpaired) electrons. The molecule has 0 spiro atoms. The minimum absolute atomic E-state index is 0. The van der Waals surface area contributed by atoms with Crippen LogP contribution in [0.3, 0.4) is 0 Å². The molecule has 0 bridgehead atoms. The van der Waals surface area contributed by atoms with Crippen LogP contribution in [0.1, 0.15) is 52.7 Å². The van der Waals surface area contributed by atoms with Crippen molar-refractivity contribution >= 4 is 43.1 Å². The summed E-state index contributed by atoms with van der Waals surface area (Å²) in [4.78, 5) is 0. The van der Waals surface area contributed by atoms with Gasteiger partial charge in [-0.3, -0.25) is 0 Å². The smallest absolute Gasteiger partial charge is 1.00 e. The first kappa shape index (κ1) is 31.3. The molecule has 188 valence electrons. The second-order valence-corrected chi connectivity index (χ2v) is 11.6. The van der Waals surface area contributed by atoms with Crippen molar-refractivity contribution in [3.63, 3.8) is 0 Å². The zero-order valence-electron chi connectivity index (χ0n) is 22.5. The van der Waals surface area contributed by atoms with E-state index in [0.717, 1.165) is 0 Å². The molecule has 0 heterocycles. The summed E-state index contributed by atoms with van der Waals surface area (Å²) in [6.07, 6.45) is 0. The molecule has 0 unspecified atom stereocenters. The fraction of sp³-hybridized carbons (Fsp3) is 0.235. The van der Waals surface area contributed by atoms with Gasteiger partial charge in [0.25, 0.3) is 0 Å². The molecule has 37 heavy (non-hydrogen) atoms. The number of hydrogen-bond donors (Lipinski definition) is 0. The molecule has 3 heteroatoms. The Morgan fingerprint density at radius 1 is 0.432 bits per heavy atom. The zero-order chi connectivity index (χ0) is 24.1. The van der Waals surface area contributed by atoms with Gasteiger partial charge in [0.1, 0.15) is 0 Å². The van der Waals surface area contributed by atoms with Crippen molar-refractivity contribution in [2.75, 3.05) is 0 Å². The molecule has 0 aromatic heterocycles. The summed E-state index contributed by atoms with van der Waals surface area (Å²) in [5.74, 6) is 0. The van der Waals surface area contributed by atoms with Crippen molar-refractivity contribution in [3.05, 3.63) is 108 Å². The van der Waals surface area contributed by atoms with E-state index in [1.807, 2.05) is 0 Å². The normalized spacial score (nSPS) is 11.4. The summed E-state index contributed by atoms with van der Waals surface area (Å²) < 4.78 is 0. The Morgan fingerprint density at radius 2 is 0.757 bits per heavy atom. The van der Waals surface area contributed by atoms with E-state index in [9.17, 15) is 0 Å². The fourth-order valence-electron chi connectivity index (χ4n) is 4.86. The minimum Gasteiger partial charge on any atom is -1.00 e. The van der Waals surface area contributed by atoms with Gasteiger partial charge in [-0.1, -0.05) is 113 Å². The SMILES string of the molecule is CC(C)(C)c1ccc2c(c1)[cH-]c1ccccc12.CC(C)(C)c1ccc2c(c1)[cH-]c1ccccc12.[Cl-].[Cl-].[Zr+4]. The van der Waals surface area contributed by atoms with Crippen molar-refractivity contribution in [2.45, 2.75) is 52.4 Å². The third kappa shape index (κ3) is 6.39. The van der Waals surface area contributed by atoms with Gasteiger partial charge in [0, 0.05) is 0 Å². The zero-order valence-corrected chi connectivity index (χ0v) is 26.5. The van der Waals surface area contributed by atoms with E-state index in [2.05, 4.69) is 139 Å². The Bertz CT molecular complexity index is 1500. The Labute approximate surface area is 253 Å². The van der Waals surface area contributed by atoms with Crippen LogP contribution in [0.5, 0.6) is 0 Å². The third-order valence-corrected chi connectivity index (χ3v) is 6.96. The molecule has 0 saturated heterocycles. The molecule has 0 nitrogen and oxygen atoms in total. The van der Waals surface area contributed by atoms with Gasteiger partial charge in [-0.15, -0.1) is 79.5 Å². The van der Waals surface area contributed by atoms with Gasteiger partial charge in [0.2, 0.25) is 0 Å². The summed E-state index contributed by atoms with van der Waals surface area (Å²) >= 11 is 0. The summed E-state index contributed by atoms with van der Waals surface area (Å²) in [5, 5.41) is 10.9. The first-order valence-corrected chi connectivity index (χ1v) is 12.3. The number of rotatable bonds is 0. The van der Waals surface area contributed by atoms with Crippen LogP contribution in [-0.2, 0) is 37.0 Å². The van der Waals surface area contributed by atoms with E-state index in [4.69, 9.17) is 0 Å². The molecule has 0 aliphatic rings. The molecule has 6 aromatic carbocycles. The fourth-order valence-corrected chi connectivity index (χ4v) is 4.86. The van der Waals surface area contributed by atoms with Crippen LogP contribution in [0, 0.1) is 0 Å². The van der Waals surface area contributed by atoms with Crippen molar-refractivity contribution in [1.29, 1.82) is 0 Å². The molecule has 0 saturated carbocycles. The second kappa shape index (κ2) is 11.9. The summed E-state index contributed by atoms with van der Waals surface area (Å²) in [7, 11) is 0. The van der Waals surface area contributed by atoms with Crippen LogP contribution in [-0.4, -0.2) is 0 Å². The first-order chi connectivity index (χ1) is 16.1. The molecular weight excluding hydrogens is 571 g/mol. The van der Waals surface area contributed by atoms with Crippen LogP contribution in [0.4, 0.5) is 0 Å². The number of halogens is 2. The summed E-state index contributed by atoms with van der Waals surface area (Å²) in [6.45, 7) is 13.6. The van der Waals surface area contributed by atoms with E-state index >= 15 is 0 Å². The average molecular weight is 605 g/mol. The molecule has 0 fully saturated rings. The van der Waals surface area contributed by atoms with Gasteiger partial charge in [-0.05, 0) is 10.8 Å². The standard InChI is InChI=1S/2C17H17.2ClH.Zr/c2*1-17(2,3)14-8-9-16-13(11-14)10-12-6-4-5-7-15(12)16;;;/h2*4-11H,1-3H3;2*1H;/q2*-1;;;+4/p-2. The molecule has 0 aliphatic heterocycles. The maximum atomic E-state index is 2.33. The Morgan fingerprint density at radius 3 is 1.11 bits per heavy atom. The molecule has 0 amide bonds. The predicted molar refractivity (Wildman–Crippen MR) is 151 cm³/mol. The summed E-state index contributed by atoms with van der Waals surface area (Å²) in [6, 6.07) is 35.5. The van der Waals surface area contributed by atoms with E-state index in [0.29, 0.717) is 0 Å². The third-order valence-electron chi connectivity index (χ3n) is 6.96. The number of benzene rings is 4. The van der Waals surface area contributed by atoms with Gasteiger partial charge in [-0.2, -0.15) is 0 Å². The first-order valence-electron chi connectivity index (χ1n) is 12.3. The topological polar surface area (TPSA) is 0 Å². The molecular formula is C34H34Cl2Zr. The molecule has 0 aliphatic carbocycles. The van der Waals surface area contributed by atoms with Gasteiger partial charge in [-0.25, -0.2) is 0 Å². The van der Waals surface area contributed by atoms with Gasteiger partial charge >= 0.3 is 26.2 Å². The van der Waals surface area contributed by atoms with Gasteiger partial charge in [0.15, 0.2) is 0 Å². The monoisotopic (exact) mass is 602 g/mol. The number of hydrogen-bond acceptors (Lipinski definition) is 0. The van der Waals surface area contributed by atoms with Crippen molar-refractivity contribution in [3.8, 4) is 0 Å². The largest absolute Gasteiger partial charge is 4.00 e. The van der Waals surface area contributed by atoms with Crippen LogP contribution in [0.15, 0.2) is 97.1 Å². The number of fused-ring (bicyclic) bond motifs is 6. The van der Waals surface area contributed by atoms with Gasteiger partial charge in [0.05, 0.1) is 0 Å². The van der Waals surface area contributed by atoms with Crippen molar-refractivity contribution in [1.82, 2.24) is 0 Å². The molecule has 6 aromatic rings. The Kier molecular flexibility index (Phi) is 10.0. The van der Waals surface area contributed by atoms with E-state index in [1.54, 1.807) is 0 Å². The summed E-state index contributed by atoms with van der Waals surface area (Å²) in [5.41, 5.74) is 3.25.